The van der Waals surface area contributed by atoms with Crippen LogP contribution in [0.4, 0.5) is 5.69 Å². The van der Waals surface area contributed by atoms with Gasteiger partial charge in [0.25, 0.3) is 5.91 Å². The molecule has 0 aromatic heterocycles. The Morgan fingerprint density at radius 2 is 1.58 bits per heavy atom. The van der Waals surface area contributed by atoms with Gasteiger partial charge in [-0.2, -0.15) is 0 Å². The van der Waals surface area contributed by atoms with Gasteiger partial charge in [0.05, 0.1) is 11.6 Å². The molecule has 1 atom stereocenters. The third kappa shape index (κ3) is 12.6. The Labute approximate surface area is 215 Å². The van der Waals surface area contributed by atoms with E-state index in [1.165, 1.54) is 31.8 Å². The van der Waals surface area contributed by atoms with Crippen LogP contribution in [0.15, 0.2) is 18.2 Å². The van der Waals surface area contributed by atoms with Crippen molar-refractivity contribution in [1.29, 1.82) is 0 Å². The van der Waals surface area contributed by atoms with Crippen LogP contribution in [0, 0.1) is 0 Å². The average molecular weight is 506 g/mol. The maximum atomic E-state index is 13.2. The lowest BCUT2D eigenvalue weighted by atomic mass is 10.0. The number of benzene rings is 1. The van der Waals surface area contributed by atoms with Gasteiger partial charge in [-0.05, 0) is 25.3 Å². The maximum absolute atomic E-state index is 13.2. The lowest BCUT2D eigenvalue weighted by molar-refractivity contribution is -0.121. The summed E-state index contributed by atoms with van der Waals surface area (Å²) in [5, 5.41) is 12.8. The standard InChI is InChI=1S/C26H39N3O5.CH4O/c1-27-24(33)16-15-22(20-32)29(2)26(34)25-21(19-31)13-12-14-23(25)28-17-10-8-6-4-3-5-7-9-11-18-30;1-2/h12-14,18-20,22,28H,3-11,15-17H2,1-2H3,(H,27,33);2H,1H3. The summed E-state index contributed by atoms with van der Waals surface area (Å²) in [6.45, 7) is 0.666. The van der Waals surface area contributed by atoms with E-state index in [9.17, 15) is 24.0 Å². The van der Waals surface area contributed by atoms with Crippen LogP contribution in [0.3, 0.4) is 0 Å². The zero-order valence-corrected chi connectivity index (χ0v) is 22.0. The first-order valence-corrected chi connectivity index (χ1v) is 12.6. The first-order chi connectivity index (χ1) is 17.5. The largest absolute Gasteiger partial charge is 0.400 e. The molecule has 3 N–H and O–H groups in total. The maximum Gasteiger partial charge on any atom is 0.257 e. The van der Waals surface area contributed by atoms with E-state index in [1.54, 1.807) is 18.2 Å². The van der Waals surface area contributed by atoms with E-state index >= 15 is 0 Å². The van der Waals surface area contributed by atoms with E-state index in [2.05, 4.69) is 10.6 Å². The smallest absolute Gasteiger partial charge is 0.257 e. The lowest BCUT2D eigenvalue weighted by Crippen LogP contribution is -2.39. The Morgan fingerprint density at radius 3 is 2.14 bits per heavy atom. The van der Waals surface area contributed by atoms with Crippen molar-refractivity contribution in [3.05, 3.63) is 29.3 Å². The quantitative estimate of drug-likeness (QED) is 0.194. The minimum absolute atomic E-state index is 0.122. The number of nitrogens with zero attached hydrogens (tertiary/aromatic N) is 1. The minimum atomic E-state index is -0.768. The number of hydrogen-bond acceptors (Lipinski definition) is 7. The number of aliphatic hydroxyl groups is 1. The third-order valence-corrected chi connectivity index (χ3v) is 5.92. The summed E-state index contributed by atoms with van der Waals surface area (Å²) in [6, 6.07) is 4.29. The van der Waals surface area contributed by atoms with Gasteiger partial charge >= 0.3 is 0 Å². The molecule has 0 bridgehead atoms. The van der Waals surface area contributed by atoms with Crippen LogP contribution in [0.1, 0.15) is 91.3 Å². The van der Waals surface area contributed by atoms with E-state index < -0.39 is 11.9 Å². The molecule has 2 amide bonds. The highest BCUT2D eigenvalue weighted by atomic mass is 16.2. The number of amides is 2. The van der Waals surface area contributed by atoms with Gasteiger partial charge in [-0.25, -0.2) is 0 Å². The summed E-state index contributed by atoms with van der Waals surface area (Å²) in [5.41, 5.74) is 1.06. The Bertz CT molecular complexity index is 800. The van der Waals surface area contributed by atoms with Crippen molar-refractivity contribution in [2.24, 2.45) is 0 Å². The van der Waals surface area contributed by atoms with Crippen LogP contribution in [-0.4, -0.2) is 74.5 Å². The Morgan fingerprint density at radius 1 is 0.972 bits per heavy atom. The molecule has 9 heteroatoms. The second-order valence-corrected chi connectivity index (χ2v) is 8.43. The fourth-order valence-electron chi connectivity index (χ4n) is 3.77. The number of anilines is 1. The zero-order chi connectivity index (χ0) is 27.2. The lowest BCUT2D eigenvalue weighted by Gasteiger charge is -2.25. The summed E-state index contributed by atoms with van der Waals surface area (Å²) in [5.74, 6) is -0.643. The number of likely N-dealkylation sites (N-methyl/N-ethyl adjacent to an activating group) is 1. The van der Waals surface area contributed by atoms with Crippen molar-refractivity contribution in [3.63, 3.8) is 0 Å². The van der Waals surface area contributed by atoms with Gasteiger partial charge in [0.2, 0.25) is 5.91 Å². The van der Waals surface area contributed by atoms with Crippen molar-refractivity contribution in [2.45, 2.75) is 76.7 Å². The molecule has 1 unspecified atom stereocenters. The Kier molecular flexibility index (Phi) is 19.4. The number of unbranched alkanes of at least 4 members (excludes halogenated alkanes) is 8. The van der Waals surface area contributed by atoms with Crippen LogP contribution < -0.4 is 10.6 Å². The predicted molar refractivity (Wildman–Crippen MR) is 141 cm³/mol. The number of rotatable bonds is 19. The summed E-state index contributed by atoms with van der Waals surface area (Å²) >= 11 is 0. The van der Waals surface area contributed by atoms with Gasteiger partial charge in [0.15, 0.2) is 6.29 Å². The van der Waals surface area contributed by atoms with Gasteiger partial charge in [-0.1, -0.05) is 50.7 Å². The first kappa shape index (κ1) is 32.9. The Hall–Kier alpha value is -3.07. The van der Waals surface area contributed by atoms with Crippen molar-refractivity contribution < 1.29 is 29.1 Å². The molecule has 0 spiro atoms. The van der Waals surface area contributed by atoms with Crippen molar-refractivity contribution >= 4 is 36.4 Å². The molecule has 0 fully saturated rings. The molecule has 0 aliphatic carbocycles. The Balaban J connectivity index is 0.00000596. The molecule has 36 heavy (non-hydrogen) atoms. The fraction of sp³-hybridized carbons (Fsp3) is 0.593. The zero-order valence-electron chi connectivity index (χ0n) is 22.0. The van der Waals surface area contributed by atoms with Crippen LogP contribution in [0.5, 0.6) is 0 Å². The van der Waals surface area contributed by atoms with E-state index in [-0.39, 0.29) is 29.9 Å². The molecular weight excluding hydrogens is 462 g/mol. The molecule has 1 rings (SSSR count). The van der Waals surface area contributed by atoms with Gasteiger partial charge < -0.3 is 30.2 Å². The highest BCUT2D eigenvalue weighted by molar-refractivity contribution is 6.06. The number of aldehydes is 3. The van der Waals surface area contributed by atoms with Crippen LogP contribution in [0.25, 0.3) is 0 Å². The number of carbonyl (C=O) groups is 5. The minimum Gasteiger partial charge on any atom is -0.400 e. The third-order valence-electron chi connectivity index (χ3n) is 5.92. The molecule has 0 saturated heterocycles. The van der Waals surface area contributed by atoms with Gasteiger partial charge in [-0.15, -0.1) is 0 Å². The first-order valence-electron chi connectivity index (χ1n) is 12.6. The molecule has 9 nitrogen and oxygen atoms in total. The van der Waals surface area contributed by atoms with E-state index in [4.69, 9.17) is 5.11 Å². The molecule has 0 heterocycles. The molecule has 0 radical (unpaired) electrons. The highest BCUT2D eigenvalue weighted by Gasteiger charge is 2.25. The molecule has 0 aliphatic rings. The number of hydrogen-bond donors (Lipinski definition) is 3. The highest BCUT2D eigenvalue weighted by Crippen LogP contribution is 2.22. The number of nitrogens with one attached hydrogen (secondary N) is 2. The number of carbonyl (C=O) groups excluding carboxylic acids is 5. The van der Waals surface area contributed by atoms with Crippen molar-refractivity contribution in [3.8, 4) is 0 Å². The summed E-state index contributed by atoms with van der Waals surface area (Å²) in [7, 11) is 4.03. The molecular formula is C27H43N3O6. The van der Waals surface area contributed by atoms with Gasteiger partial charge in [-0.3, -0.25) is 14.4 Å². The summed E-state index contributed by atoms with van der Waals surface area (Å²) in [6.07, 6.45) is 12.0. The van der Waals surface area contributed by atoms with E-state index in [0.29, 0.717) is 31.2 Å². The average Bonchev–Trinajstić information content (AvgIpc) is 2.92. The SMILES string of the molecule is CNC(=O)CCC(C=O)N(C)C(=O)c1c(C=O)cccc1NCCCCCCCCCCC=O.CO. The van der Waals surface area contributed by atoms with Crippen molar-refractivity contribution in [1.82, 2.24) is 10.2 Å². The van der Waals surface area contributed by atoms with Crippen LogP contribution in [0.2, 0.25) is 0 Å². The molecule has 1 aromatic carbocycles. The summed E-state index contributed by atoms with van der Waals surface area (Å²) in [4.78, 5) is 59.5. The predicted octanol–water partition coefficient (Wildman–Crippen LogP) is 3.40. The molecule has 1 aromatic rings. The number of aliphatic hydroxyl groups excluding tert-OH is 1. The second kappa shape index (κ2) is 21.2. The summed E-state index contributed by atoms with van der Waals surface area (Å²) < 4.78 is 0. The van der Waals surface area contributed by atoms with Crippen molar-refractivity contribution in [2.75, 3.05) is 33.1 Å². The molecule has 202 valence electrons. The fourth-order valence-corrected chi connectivity index (χ4v) is 3.77. The molecule has 0 saturated carbocycles. The monoisotopic (exact) mass is 505 g/mol. The topological polar surface area (TPSA) is 133 Å². The van der Waals surface area contributed by atoms with E-state index in [1.807, 2.05) is 0 Å². The second-order valence-electron chi connectivity index (χ2n) is 8.43. The van der Waals surface area contributed by atoms with Crippen LogP contribution >= 0.6 is 0 Å². The van der Waals surface area contributed by atoms with Crippen LogP contribution in [-0.2, 0) is 14.4 Å². The van der Waals surface area contributed by atoms with Gasteiger partial charge in [0.1, 0.15) is 12.6 Å². The van der Waals surface area contributed by atoms with E-state index in [0.717, 1.165) is 51.9 Å². The normalized spacial score (nSPS) is 10.9. The van der Waals surface area contributed by atoms with Gasteiger partial charge in [0, 0.05) is 51.8 Å². The molecule has 0 aliphatic heterocycles.